The van der Waals surface area contributed by atoms with Gasteiger partial charge in [-0.3, -0.25) is 4.79 Å². The molecule has 0 amide bonds. The van der Waals surface area contributed by atoms with Crippen molar-refractivity contribution in [2.24, 2.45) is 0 Å². The molecule has 1 aromatic carbocycles. The third kappa shape index (κ3) is 2.05. The van der Waals surface area contributed by atoms with E-state index < -0.39 is 0 Å². The average Bonchev–Trinajstić information content (AvgIpc) is 2.79. The monoisotopic (exact) mass is 255 g/mol. The van der Waals surface area contributed by atoms with Gasteiger partial charge in [-0.2, -0.15) is 0 Å². The molecule has 2 aliphatic heterocycles. The summed E-state index contributed by atoms with van der Waals surface area (Å²) < 4.78 is 10.4. The van der Waals surface area contributed by atoms with Crippen molar-refractivity contribution in [1.29, 1.82) is 0 Å². The third-order valence-electron chi connectivity index (χ3n) is 3.00. The van der Waals surface area contributed by atoms with Gasteiger partial charge in [0.25, 0.3) is 0 Å². The van der Waals surface area contributed by atoms with E-state index in [0.717, 1.165) is 22.2 Å². The molecule has 0 bridgehead atoms. The minimum absolute atomic E-state index is 0.106. The van der Waals surface area contributed by atoms with Crippen LogP contribution in [0.25, 0.3) is 22.2 Å². The summed E-state index contributed by atoms with van der Waals surface area (Å²) in [6.45, 7) is 2.15. The number of hydrogen-bond acceptors (Lipinski definition) is 4. The maximum Gasteiger partial charge on any atom is 0.313 e. The number of fused-ring (bicyclic) bond motifs is 3. The van der Waals surface area contributed by atoms with Crippen molar-refractivity contribution >= 4 is 16.9 Å². The topological polar surface area (TPSA) is 52.3 Å². The average molecular weight is 255 g/mol. The number of para-hydroxylation sites is 1. The zero-order valence-corrected chi connectivity index (χ0v) is 10.6. The van der Waals surface area contributed by atoms with Crippen LogP contribution in [0.2, 0.25) is 0 Å². The molecule has 0 atom stereocenters. The molecule has 2 heterocycles. The molecule has 0 fully saturated rings. The fourth-order valence-corrected chi connectivity index (χ4v) is 2.20. The number of benzene rings is 1. The zero-order valence-electron chi connectivity index (χ0n) is 10.6. The molecular formula is C15H13NO3. The smallest absolute Gasteiger partial charge is 0.313 e. The molecule has 3 rings (SSSR count). The maximum atomic E-state index is 11.6. The highest BCUT2D eigenvalue weighted by molar-refractivity contribution is 5.98. The van der Waals surface area contributed by atoms with Crippen LogP contribution in [0, 0.1) is 0 Å². The summed E-state index contributed by atoms with van der Waals surface area (Å²) in [5.74, 6) is 0.248. The van der Waals surface area contributed by atoms with E-state index in [1.165, 1.54) is 0 Å². The van der Waals surface area contributed by atoms with Gasteiger partial charge >= 0.3 is 5.97 Å². The van der Waals surface area contributed by atoms with Crippen LogP contribution >= 0.6 is 0 Å². The van der Waals surface area contributed by atoms with Gasteiger partial charge in [0.15, 0.2) is 0 Å². The van der Waals surface area contributed by atoms with Gasteiger partial charge in [0.05, 0.1) is 18.4 Å². The normalized spacial score (nSPS) is 11.0. The van der Waals surface area contributed by atoms with Gasteiger partial charge < -0.3 is 9.15 Å². The lowest BCUT2D eigenvalue weighted by atomic mass is 10.1. The molecule has 2 aliphatic rings. The number of rotatable bonds is 3. The van der Waals surface area contributed by atoms with Gasteiger partial charge in [-0.25, -0.2) is 4.98 Å². The number of nitrogens with zero attached hydrogens (tertiary/aromatic N) is 1. The van der Waals surface area contributed by atoms with Crippen molar-refractivity contribution in [3.05, 3.63) is 42.4 Å². The number of ether oxygens (including phenoxy) is 1. The van der Waals surface area contributed by atoms with Crippen LogP contribution in [-0.4, -0.2) is 17.6 Å². The predicted octanol–water partition coefficient (Wildman–Crippen LogP) is 3.04. The Bertz CT molecular complexity index is 702. The van der Waals surface area contributed by atoms with Crippen molar-refractivity contribution in [2.45, 2.75) is 13.3 Å². The molecule has 1 aromatic rings. The van der Waals surface area contributed by atoms with E-state index >= 15 is 0 Å². The predicted molar refractivity (Wildman–Crippen MR) is 71.0 cm³/mol. The van der Waals surface area contributed by atoms with E-state index in [1.807, 2.05) is 30.3 Å². The van der Waals surface area contributed by atoms with Gasteiger partial charge in [0, 0.05) is 10.9 Å². The highest BCUT2D eigenvalue weighted by Crippen LogP contribution is 2.33. The SMILES string of the molecule is CCOC(=O)Cc1occc2c3ccccc3nc1-2. The molecular weight excluding hydrogens is 242 g/mol. The van der Waals surface area contributed by atoms with Gasteiger partial charge in [-0.15, -0.1) is 0 Å². The van der Waals surface area contributed by atoms with Gasteiger partial charge in [-0.05, 0) is 19.1 Å². The number of carbonyl (C=O) groups excluding carboxylic acids is 1. The quantitative estimate of drug-likeness (QED) is 0.675. The Morgan fingerprint density at radius 1 is 1.32 bits per heavy atom. The van der Waals surface area contributed by atoms with E-state index in [9.17, 15) is 4.79 Å². The molecule has 0 aliphatic carbocycles. The van der Waals surface area contributed by atoms with Gasteiger partial charge in [0.2, 0.25) is 0 Å². The van der Waals surface area contributed by atoms with Crippen LogP contribution in [0.1, 0.15) is 12.7 Å². The molecule has 0 radical (unpaired) electrons. The second-order valence-electron chi connectivity index (χ2n) is 4.22. The van der Waals surface area contributed by atoms with Crippen LogP contribution in [-0.2, 0) is 16.0 Å². The first kappa shape index (κ1) is 11.7. The Morgan fingerprint density at radius 2 is 2.16 bits per heavy atom. The Balaban J connectivity index is 2.07. The van der Waals surface area contributed by atoms with Crippen LogP contribution in [0.4, 0.5) is 0 Å². The molecule has 4 heteroatoms. The first-order valence-corrected chi connectivity index (χ1v) is 6.20. The van der Waals surface area contributed by atoms with Crippen LogP contribution < -0.4 is 0 Å². The van der Waals surface area contributed by atoms with Crippen molar-refractivity contribution in [3.63, 3.8) is 0 Å². The second kappa shape index (κ2) is 4.72. The number of hydrogen-bond donors (Lipinski definition) is 0. The number of esters is 1. The summed E-state index contributed by atoms with van der Waals surface area (Å²) >= 11 is 0. The Labute approximate surface area is 110 Å². The largest absolute Gasteiger partial charge is 0.466 e. The zero-order chi connectivity index (χ0) is 13.2. The first-order chi connectivity index (χ1) is 9.29. The molecule has 4 nitrogen and oxygen atoms in total. The van der Waals surface area contributed by atoms with Crippen molar-refractivity contribution in [2.75, 3.05) is 6.61 Å². The first-order valence-electron chi connectivity index (χ1n) is 6.20. The molecule has 0 aromatic heterocycles. The molecule has 0 saturated heterocycles. The maximum absolute atomic E-state index is 11.6. The highest BCUT2D eigenvalue weighted by atomic mass is 16.5. The molecule has 0 spiro atoms. The molecule has 19 heavy (non-hydrogen) atoms. The fraction of sp³-hybridized carbons (Fsp3) is 0.200. The summed E-state index contributed by atoms with van der Waals surface area (Å²) in [6, 6.07) is 9.75. The highest BCUT2D eigenvalue weighted by Gasteiger charge is 2.19. The van der Waals surface area contributed by atoms with E-state index in [0.29, 0.717) is 12.4 Å². The van der Waals surface area contributed by atoms with Crippen molar-refractivity contribution in [1.82, 2.24) is 4.98 Å². The minimum atomic E-state index is -0.300. The minimum Gasteiger partial charge on any atom is -0.466 e. The lowest BCUT2D eigenvalue weighted by Crippen LogP contribution is -2.08. The van der Waals surface area contributed by atoms with Crippen LogP contribution in [0.5, 0.6) is 0 Å². The molecule has 0 saturated carbocycles. The van der Waals surface area contributed by atoms with Crippen LogP contribution in [0.15, 0.2) is 41.0 Å². The number of aromatic nitrogens is 1. The van der Waals surface area contributed by atoms with Crippen molar-refractivity contribution < 1.29 is 13.9 Å². The summed E-state index contributed by atoms with van der Waals surface area (Å²) in [7, 11) is 0. The van der Waals surface area contributed by atoms with E-state index in [4.69, 9.17) is 9.15 Å². The Kier molecular flexibility index (Phi) is 2.91. The second-order valence-corrected chi connectivity index (χ2v) is 4.22. The Hall–Kier alpha value is -2.36. The van der Waals surface area contributed by atoms with Gasteiger partial charge in [-0.1, -0.05) is 18.2 Å². The molecule has 0 N–H and O–H groups in total. The molecule has 0 unspecified atom stereocenters. The summed E-state index contributed by atoms with van der Waals surface area (Å²) in [4.78, 5) is 16.1. The van der Waals surface area contributed by atoms with Crippen molar-refractivity contribution in [3.8, 4) is 11.3 Å². The fourth-order valence-electron chi connectivity index (χ4n) is 2.20. The lowest BCUT2D eigenvalue weighted by molar-refractivity contribution is -0.142. The number of carbonyl (C=O) groups is 1. The third-order valence-corrected chi connectivity index (χ3v) is 3.00. The lowest BCUT2D eigenvalue weighted by Gasteiger charge is -2.05. The van der Waals surface area contributed by atoms with Gasteiger partial charge in [0.1, 0.15) is 17.9 Å². The van der Waals surface area contributed by atoms with E-state index in [-0.39, 0.29) is 12.4 Å². The Morgan fingerprint density at radius 3 is 3.00 bits per heavy atom. The van der Waals surface area contributed by atoms with E-state index in [2.05, 4.69) is 4.98 Å². The summed E-state index contributed by atoms with van der Waals surface area (Å²) in [6.07, 6.45) is 1.69. The standard InChI is InChI=1S/C15H13NO3/c1-2-18-14(17)9-13-15-11(7-8-19-13)10-5-3-4-6-12(10)16-15/h3-8H,2,9H2,1H3. The summed E-state index contributed by atoms with van der Waals surface area (Å²) in [5.41, 5.74) is 2.64. The molecule has 96 valence electrons. The summed E-state index contributed by atoms with van der Waals surface area (Å²) in [5, 5.41) is 1.07. The van der Waals surface area contributed by atoms with Crippen LogP contribution in [0.3, 0.4) is 0 Å². The van der Waals surface area contributed by atoms with E-state index in [1.54, 1.807) is 13.2 Å².